The van der Waals surface area contributed by atoms with Crippen LogP contribution in [0.1, 0.15) is 25.3 Å². The number of halogens is 1. The molecule has 38 heavy (non-hydrogen) atoms. The summed E-state index contributed by atoms with van der Waals surface area (Å²) < 4.78 is 21.1. The molecule has 0 aliphatic carbocycles. The van der Waals surface area contributed by atoms with Gasteiger partial charge in [0, 0.05) is 34.7 Å². The Labute approximate surface area is 235 Å². The Hall–Kier alpha value is -2.25. The van der Waals surface area contributed by atoms with Crippen molar-refractivity contribution in [3.8, 4) is 0 Å². The number of hydrogen-bond acceptors (Lipinski definition) is 11. The Kier molecular flexibility index (Phi) is 14.6. The summed E-state index contributed by atoms with van der Waals surface area (Å²) in [7, 11) is 4.29. The molecule has 0 fully saturated rings. The second-order valence-electron chi connectivity index (χ2n) is 7.82. The summed E-state index contributed by atoms with van der Waals surface area (Å²) in [6.45, 7) is 4.09. The molecule has 1 heterocycles. The summed E-state index contributed by atoms with van der Waals surface area (Å²) in [5.74, 6) is -1.61. The lowest BCUT2D eigenvalue weighted by molar-refractivity contribution is -0.144. The maximum Gasteiger partial charge on any atom is 0.407 e. The van der Waals surface area contributed by atoms with Crippen LogP contribution >= 0.6 is 33.2 Å². The van der Waals surface area contributed by atoms with Crippen LogP contribution in [0, 0.1) is 5.92 Å². The summed E-state index contributed by atoms with van der Waals surface area (Å²) in [4.78, 5) is 42.3. The van der Waals surface area contributed by atoms with Gasteiger partial charge in [0.1, 0.15) is 12.5 Å². The first-order valence-electron chi connectivity index (χ1n) is 12.0. The highest BCUT2D eigenvalue weighted by Gasteiger charge is 2.43. The fourth-order valence-corrected chi connectivity index (χ4v) is 5.61. The lowest BCUT2D eigenvalue weighted by atomic mass is 9.75. The minimum absolute atomic E-state index is 0.0597. The smallest absolute Gasteiger partial charge is 0.407 e. The highest BCUT2D eigenvalue weighted by atomic mass is 35.5. The molecule has 0 bridgehead atoms. The molecule has 0 saturated heterocycles. The molecular weight excluding hydrogens is 556 g/mol. The van der Waals surface area contributed by atoms with Gasteiger partial charge in [-0.25, -0.2) is 9.59 Å². The highest BCUT2D eigenvalue weighted by molar-refractivity contribution is 8.76. The molecule has 0 spiro atoms. The number of esters is 2. The van der Waals surface area contributed by atoms with Crippen LogP contribution in [-0.4, -0.2) is 87.0 Å². The molecule has 2 rings (SSSR count). The maximum atomic E-state index is 13.1. The predicted molar refractivity (Wildman–Crippen MR) is 149 cm³/mol. The second-order valence-corrected chi connectivity index (χ2v) is 10.9. The summed E-state index contributed by atoms with van der Waals surface area (Å²) in [6, 6.07) is 6.96. The van der Waals surface area contributed by atoms with Crippen LogP contribution in [-0.2, 0) is 28.5 Å². The van der Waals surface area contributed by atoms with E-state index in [4.69, 9.17) is 35.7 Å². The van der Waals surface area contributed by atoms with Crippen molar-refractivity contribution in [3.63, 3.8) is 0 Å². The van der Waals surface area contributed by atoms with Crippen LogP contribution in [0.3, 0.4) is 0 Å². The molecule has 210 valence electrons. The van der Waals surface area contributed by atoms with Gasteiger partial charge >= 0.3 is 18.0 Å². The highest BCUT2D eigenvalue weighted by Crippen LogP contribution is 2.42. The lowest BCUT2D eigenvalue weighted by Gasteiger charge is -2.32. The first-order valence-corrected chi connectivity index (χ1v) is 14.8. The molecule has 1 aromatic carbocycles. The molecule has 1 amide bonds. The number of aliphatic imine (C=N–C) groups is 1. The molecule has 2 unspecified atom stereocenters. The van der Waals surface area contributed by atoms with Crippen LogP contribution in [0.25, 0.3) is 0 Å². The number of hydrogen-bond donors (Lipinski definition) is 2. The van der Waals surface area contributed by atoms with Gasteiger partial charge in [0.05, 0.1) is 44.8 Å². The van der Waals surface area contributed by atoms with Gasteiger partial charge in [0.15, 0.2) is 0 Å². The maximum absolute atomic E-state index is 13.1. The number of methoxy groups -OCH3 is 1. The summed E-state index contributed by atoms with van der Waals surface area (Å²) >= 11 is 6.49. The minimum atomic E-state index is -0.875. The van der Waals surface area contributed by atoms with Crippen molar-refractivity contribution in [2.24, 2.45) is 10.9 Å². The molecular formula is C25H33ClN2O8S2. The van der Waals surface area contributed by atoms with E-state index in [0.29, 0.717) is 33.5 Å². The van der Waals surface area contributed by atoms with E-state index < -0.39 is 29.9 Å². The Bertz CT molecular complexity index is 1020. The van der Waals surface area contributed by atoms with E-state index in [2.05, 4.69) is 10.3 Å². The van der Waals surface area contributed by atoms with Gasteiger partial charge in [0.25, 0.3) is 0 Å². The van der Waals surface area contributed by atoms with Crippen molar-refractivity contribution in [2.75, 3.05) is 58.2 Å². The molecule has 0 saturated carbocycles. The van der Waals surface area contributed by atoms with Crippen LogP contribution in [0.2, 0.25) is 5.02 Å². The SMILES string of the molecule is CCOC(=O)C1=C(COCCNC(=O)OCCSSCCO)N=C(C)C(C(=O)OC)C1c1ccccc1Cl. The van der Waals surface area contributed by atoms with E-state index in [0.717, 1.165) is 0 Å². The topological polar surface area (TPSA) is 133 Å². The summed E-state index contributed by atoms with van der Waals surface area (Å²) in [6.07, 6.45) is -0.570. The number of aliphatic hydroxyl groups is 1. The number of carbonyl (C=O) groups excluding carboxylic acids is 3. The summed E-state index contributed by atoms with van der Waals surface area (Å²) in [5, 5.41) is 11.7. The first kappa shape index (κ1) is 32.0. The number of benzene rings is 1. The number of rotatable bonds is 15. The summed E-state index contributed by atoms with van der Waals surface area (Å²) in [5.41, 5.74) is 1.50. The fraction of sp³-hybridized carbons (Fsp3) is 0.520. The molecule has 2 atom stereocenters. The molecule has 2 N–H and O–H groups in total. The van der Waals surface area contributed by atoms with E-state index in [1.54, 1.807) is 38.1 Å². The van der Waals surface area contributed by atoms with Gasteiger partial charge < -0.3 is 29.4 Å². The Morgan fingerprint density at radius 3 is 2.55 bits per heavy atom. The second kappa shape index (κ2) is 17.4. The number of nitrogens with one attached hydrogen (secondary N) is 1. The number of amides is 1. The molecule has 0 aromatic heterocycles. The minimum Gasteiger partial charge on any atom is -0.468 e. The normalized spacial score (nSPS) is 17.0. The third-order valence-corrected chi connectivity index (χ3v) is 8.01. The van der Waals surface area contributed by atoms with E-state index >= 15 is 0 Å². The van der Waals surface area contributed by atoms with Crippen molar-refractivity contribution in [1.82, 2.24) is 5.32 Å². The zero-order valence-electron chi connectivity index (χ0n) is 21.6. The Morgan fingerprint density at radius 2 is 1.87 bits per heavy atom. The van der Waals surface area contributed by atoms with Gasteiger partial charge in [-0.2, -0.15) is 0 Å². The van der Waals surface area contributed by atoms with Crippen LogP contribution in [0.5, 0.6) is 0 Å². The van der Waals surface area contributed by atoms with Crippen LogP contribution in [0.4, 0.5) is 4.79 Å². The molecule has 10 nitrogen and oxygen atoms in total. The van der Waals surface area contributed by atoms with Crippen LogP contribution in [0.15, 0.2) is 40.5 Å². The van der Waals surface area contributed by atoms with Gasteiger partial charge in [-0.1, -0.05) is 51.4 Å². The molecule has 0 radical (unpaired) electrons. The standard InChI is InChI=1S/C25H33ClN2O8S2/c1-4-35-24(31)22-19(15-34-11-9-27-25(32)36-12-14-38-37-13-10-29)28-16(2)20(23(30)33-3)21(22)17-7-5-6-8-18(17)26/h5-8,20-21,29H,4,9-15H2,1-3H3,(H,27,32). The van der Waals surface area contributed by atoms with Crippen molar-refractivity contribution in [2.45, 2.75) is 19.8 Å². The molecule has 1 aromatic rings. The third kappa shape index (κ3) is 9.49. The van der Waals surface area contributed by atoms with Crippen molar-refractivity contribution < 1.29 is 38.4 Å². The van der Waals surface area contributed by atoms with Gasteiger partial charge in [-0.05, 0) is 25.5 Å². The Balaban J connectivity index is 2.12. The van der Waals surface area contributed by atoms with E-state index in [-0.39, 0.29) is 45.2 Å². The van der Waals surface area contributed by atoms with Gasteiger partial charge in [-0.15, -0.1) is 0 Å². The predicted octanol–water partition coefficient (Wildman–Crippen LogP) is 3.62. The number of alkyl carbamates (subject to hydrolysis) is 1. The van der Waals surface area contributed by atoms with E-state index in [1.807, 2.05) is 0 Å². The van der Waals surface area contributed by atoms with Gasteiger partial charge in [0.2, 0.25) is 0 Å². The van der Waals surface area contributed by atoms with E-state index in [9.17, 15) is 14.4 Å². The zero-order valence-corrected chi connectivity index (χ0v) is 24.0. The molecule has 1 aliphatic rings. The average Bonchev–Trinajstić information content (AvgIpc) is 2.90. The fourth-order valence-electron chi connectivity index (χ4n) is 3.76. The van der Waals surface area contributed by atoms with Crippen LogP contribution < -0.4 is 5.32 Å². The zero-order chi connectivity index (χ0) is 27.9. The monoisotopic (exact) mass is 588 g/mol. The molecule has 1 aliphatic heterocycles. The number of ether oxygens (including phenoxy) is 4. The lowest BCUT2D eigenvalue weighted by Crippen LogP contribution is -2.37. The van der Waals surface area contributed by atoms with Crippen molar-refractivity contribution in [1.29, 1.82) is 0 Å². The third-order valence-electron chi connectivity index (χ3n) is 5.32. The molecule has 13 heteroatoms. The first-order chi connectivity index (χ1) is 18.3. The van der Waals surface area contributed by atoms with E-state index in [1.165, 1.54) is 28.7 Å². The van der Waals surface area contributed by atoms with Crippen molar-refractivity contribution in [3.05, 3.63) is 46.1 Å². The number of carbonyl (C=O) groups is 3. The van der Waals surface area contributed by atoms with Crippen molar-refractivity contribution >= 4 is 56.9 Å². The Morgan fingerprint density at radius 1 is 1.13 bits per heavy atom. The number of nitrogens with zero attached hydrogens (tertiary/aromatic N) is 1. The average molecular weight is 589 g/mol. The largest absolute Gasteiger partial charge is 0.468 e. The number of aliphatic hydroxyl groups excluding tert-OH is 1. The van der Waals surface area contributed by atoms with Gasteiger partial charge in [-0.3, -0.25) is 9.79 Å². The quantitative estimate of drug-likeness (QED) is 0.135.